The number of piperazine rings is 2. The summed E-state index contributed by atoms with van der Waals surface area (Å²) < 4.78 is 56.7. The predicted molar refractivity (Wildman–Crippen MR) is 124 cm³/mol. The fourth-order valence-electron chi connectivity index (χ4n) is 4.08. The second kappa shape index (κ2) is 9.20. The highest BCUT2D eigenvalue weighted by Gasteiger charge is 2.32. The molecular formula is C22H30N4O4S2. The van der Waals surface area contributed by atoms with Crippen molar-refractivity contribution in [3.8, 4) is 11.1 Å². The topological polar surface area (TPSA) is 81.2 Å². The number of nitrogens with zero attached hydrogens (tertiary/aromatic N) is 4. The van der Waals surface area contributed by atoms with Crippen LogP contribution in [-0.2, 0) is 20.0 Å². The van der Waals surface area contributed by atoms with E-state index in [4.69, 9.17) is 0 Å². The van der Waals surface area contributed by atoms with Gasteiger partial charge in [-0.2, -0.15) is 8.61 Å². The maximum Gasteiger partial charge on any atom is 0.243 e. The van der Waals surface area contributed by atoms with E-state index in [0.717, 1.165) is 0 Å². The second-order valence-corrected chi connectivity index (χ2v) is 12.3. The smallest absolute Gasteiger partial charge is 0.243 e. The molecule has 0 bridgehead atoms. The van der Waals surface area contributed by atoms with Crippen LogP contribution in [0.2, 0.25) is 0 Å². The molecule has 0 aromatic heterocycles. The molecule has 2 saturated heterocycles. The first-order chi connectivity index (χ1) is 15.2. The first-order valence-electron chi connectivity index (χ1n) is 10.8. The summed E-state index contributed by atoms with van der Waals surface area (Å²) in [5, 5.41) is 0. The van der Waals surface area contributed by atoms with E-state index in [2.05, 4.69) is 9.80 Å². The summed E-state index contributed by atoms with van der Waals surface area (Å²) in [5.41, 5.74) is 1.09. The normalized spacial score (nSPS) is 20.4. The van der Waals surface area contributed by atoms with Gasteiger partial charge in [-0.05, 0) is 37.9 Å². The maximum atomic E-state index is 13.5. The van der Waals surface area contributed by atoms with E-state index in [1.807, 2.05) is 44.4 Å². The van der Waals surface area contributed by atoms with Gasteiger partial charge in [0.25, 0.3) is 0 Å². The van der Waals surface area contributed by atoms with E-state index in [0.29, 0.717) is 63.5 Å². The zero-order chi connectivity index (χ0) is 22.9. The highest BCUT2D eigenvalue weighted by atomic mass is 32.2. The quantitative estimate of drug-likeness (QED) is 0.643. The molecule has 0 atom stereocenters. The summed E-state index contributed by atoms with van der Waals surface area (Å²) >= 11 is 0. The molecule has 0 saturated carbocycles. The monoisotopic (exact) mass is 478 g/mol. The Labute approximate surface area is 191 Å². The van der Waals surface area contributed by atoms with Gasteiger partial charge in [0.1, 0.15) is 0 Å². The molecule has 0 aliphatic carbocycles. The van der Waals surface area contributed by atoms with E-state index in [-0.39, 0.29) is 9.79 Å². The van der Waals surface area contributed by atoms with Gasteiger partial charge in [0.15, 0.2) is 0 Å². The summed E-state index contributed by atoms with van der Waals surface area (Å²) in [5.74, 6) is 0. The summed E-state index contributed by atoms with van der Waals surface area (Å²) in [6.45, 7) is 4.32. The predicted octanol–water partition coefficient (Wildman–Crippen LogP) is 1.23. The summed E-state index contributed by atoms with van der Waals surface area (Å²) in [6.07, 6.45) is 0. The van der Waals surface area contributed by atoms with Gasteiger partial charge in [-0.3, -0.25) is 0 Å². The van der Waals surface area contributed by atoms with Gasteiger partial charge in [0.05, 0.1) is 9.79 Å². The molecular weight excluding hydrogens is 448 g/mol. The largest absolute Gasteiger partial charge is 0.304 e. The second-order valence-electron chi connectivity index (χ2n) is 8.44. The maximum absolute atomic E-state index is 13.5. The highest BCUT2D eigenvalue weighted by molar-refractivity contribution is 7.89. The fourth-order valence-corrected chi connectivity index (χ4v) is 7.15. The van der Waals surface area contributed by atoms with E-state index in [9.17, 15) is 16.8 Å². The van der Waals surface area contributed by atoms with E-state index in [1.165, 1.54) is 26.8 Å². The van der Waals surface area contributed by atoms with Gasteiger partial charge in [0.2, 0.25) is 20.0 Å². The molecule has 0 spiro atoms. The minimum absolute atomic E-state index is 0.123. The van der Waals surface area contributed by atoms with Crippen molar-refractivity contribution < 1.29 is 16.8 Å². The summed E-state index contributed by atoms with van der Waals surface area (Å²) in [4.78, 5) is 4.45. The van der Waals surface area contributed by atoms with Crippen LogP contribution >= 0.6 is 0 Å². The van der Waals surface area contributed by atoms with Crippen LogP contribution in [0.1, 0.15) is 0 Å². The lowest BCUT2D eigenvalue weighted by Crippen LogP contribution is -2.47. The molecule has 0 N–H and O–H groups in total. The van der Waals surface area contributed by atoms with Crippen LogP contribution in [0.4, 0.5) is 0 Å². The van der Waals surface area contributed by atoms with Crippen molar-refractivity contribution in [3.05, 3.63) is 48.5 Å². The van der Waals surface area contributed by atoms with Crippen LogP contribution in [0.25, 0.3) is 11.1 Å². The van der Waals surface area contributed by atoms with E-state index in [1.54, 1.807) is 0 Å². The Balaban J connectivity index is 1.77. The third kappa shape index (κ3) is 4.61. The fraction of sp³-hybridized carbons (Fsp3) is 0.455. The number of rotatable bonds is 5. The minimum atomic E-state index is -3.77. The minimum Gasteiger partial charge on any atom is -0.304 e. The molecule has 2 aliphatic heterocycles. The molecule has 2 aromatic rings. The molecule has 2 aromatic carbocycles. The molecule has 174 valence electrons. The van der Waals surface area contributed by atoms with Gasteiger partial charge in [-0.25, -0.2) is 16.8 Å². The Morgan fingerprint density at radius 2 is 1.12 bits per heavy atom. The Morgan fingerprint density at radius 1 is 0.625 bits per heavy atom. The number of benzene rings is 2. The van der Waals surface area contributed by atoms with Crippen LogP contribution in [0.5, 0.6) is 0 Å². The van der Waals surface area contributed by atoms with Crippen molar-refractivity contribution >= 4 is 20.0 Å². The lowest BCUT2D eigenvalue weighted by molar-refractivity contribution is 0.222. The van der Waals surface area contributed by atoms with Crippen LogP contribution in [0.3, 0.4) is 0 Å². The van der Waals surface area contributed by atoms with Crippen molar-refractivity contribution in [1.29, 1.82) is 0 Å². The standard InChI is InChI=1S/C22H30N4O4S2/c1-23-10-14-25(15-11-23)31(27,28)20-8-9-22(21(18-20)19-6-4-3-5-7-19)32(29,30)26-16-12-24(2)13-17-26/h3-9,18H,10-17H2,1-2H3. The van der Waals surface area contributed by atoms with Gasteiger partial charge in [-0.15, -0.1) is 0 Å². The molecule has 10 heteroatoms. The molecule has 2 aliphatic rings. The number of hydrogen-bond donors (Lipinski definition) is 0. The van der Waals surface area contributed by atoms with Gasteiger partial charge >= 0.3 is 0 Å². The van der Waals surface area contributed by atoms with Crippen LogP contribution in [0, 0.1) is 0 Å². The zero-order valence-corrected chi connectivity index (χ0v) is 20.1. The number of likely N-dealkylation sites (N-methyl/N-ethyl adjacent to an activating group) is 2. The third-order valence-electron chi connectivity index (χ3n) is 6.22. The van der Waals surface area contributed by atoms with E-state index < -0.39 is 20.0 Å². The Hall–Kier alpha value is -1.82. The molecule has 8 nitrogen and oxygen atoms in total. The zero-order valence-electron chi connectivity index (χ0n) is 18.5. The molecule has 4 rings (SSSR count). The summed E-state index contributed by atoms with van der Waals surface area (Å²) in [7, 11) is -3.55. The molecule has 0 amide bonds. The lowest BCUT2D eigenvalue weighted by Gasteiger charge is -2.32. The number of sulfonamides is 2. The van der Waals surface area contributed by atoms with Crippen LogP contribution in [0.15, 0.2) is 58.3 Å². The number of hydrogen-bond acceptors (Lipinski definition) is 6. The Morgan fingerprint density at radius 3 is 1.66 bits per heavy atom. The molecule has 2 fully saturated rings. The third-order valence-corrected chi connectivity index (χ3v) is 10.1. The van der Waals surface area contributed by atoms with E-state index >= 15 is 0 Å². The van der Waals surface area contributed by atoms with Gasteiger partial charge in [0, 0.05) is 57.9 Å². The molecule has 0 radical (unpaired) electrons. The Kier molecular flexibility index (Phi) is 6.71. The molecule has 0 unspecified atom stereocenters. The van der Waals surface area contributed by atoms with Crippen molar-refractivity contribution in [1.82, 2.24) is 18.4 Å². The van der Waals surface area contributed by atoms with Crippen molar-refractivity contribution in [2.45, 2.75) is 9.79 Å². The molecule has 32 heavy (non-hydrogen) atoms. The highest BCUT2D eigenvalue weighted by Crippen LogP contribution is 2.33. The molecule has 2 heterocycles. The first kappa shape index (κ1) is 23.3. The first-order valence-corrected chi connectivity index (χ1v) is 13.6. The lowest BCUT2D eigenvalue weighted by atomic mass is 10.1. The van der Waals surface area contributed by atoms with Crippen molar-refractivity contribution in [2.24, 2.45) is 0 Å². The van der Waals surface area contributed by atoms with Crippen molar-refractivity contribution in [2.75, 3.05) is 66.5 Å². The van der Waals surface area contributed by atoms with Crippen LogP contribution in [-0.4, -0.2) is 102 Å². The van der Waals surface area contributed by atoms with Crippen LogP contribution < -0.4 is 0 Å². The Bertz CT molecular complexity index is 1150. The summed E-state index contributed by atoms with van der Waals surface area (Å²) in [6, 6.07) is 13.5. The SMILES string of the molecule is CN1CCN(S(=O)(=O)c2ccc(S(=O)(=O)N3CCN(C)CC3)c(-c3ccccc3)c2)CC1. The van der Waals surface area contributed by atoms with Crippen molar-refractivity contribution in [3.63, 3.8) is 0 Å². The average molecular weight is 479 g/mol. The average Bonchev–Trinajstić information content (AvgIpc) is 2.80. The van der Waals surface area contributed by atoms with Gasteiger partial charge in [-0.1, -0.05) is 30.3 Å². The van der Waals surface area contributed by atoms with Gasteiger partial charge < -0.3 is 9.80 Å².